The second-order valence-electron chi connectivity index (χ2n) is 4.40. The van der Waals surface area contributed by atoms with Crippen LogP contribution < -0.4 is 11.5 Å². The summed E-state index contributed by atoms with van der Waals surface area (Å²) in [5, 5.41) is 0. The molecule has 0 saturated heterocycles. The Hall–Kier alpha value is 1.15. The molecule has 0 heterocycles. The molecule has 0 radical (unpaired) electrons. The van der Waals surface area contributed by atoms with Crippen LogP contribution in [0.3, 0.4) is 0 Å². The van der Waals surface area contributed by atoms with E-state index < -0.39 is 16.5 Å². The summed E-state index contributed by atoms with van der Waals surface area (Å²) in [5.74, 6) is 1.73. The number of fused-ring (bicyclic) bond motifs is 2. The van der Waals surface area contributed by atoms with E-state index in [0.717, 1.165) is 11.8 Å². The van der Waals surface area contributed by atoms with Crippen molar-refractivity contribution >= 4 is 18.8 Å². The molecule has 0 aromatic heterocycles. The molecule has 96 valence electrons. The second-order valence-corrected chi connectivity index (χ2v) is 7.68. The molecule has 6 N–H and O–H groups in total. The third kappa shape index (κ3) is 4.14. The van der Waals surface area contributed by atoms with E-state index >= 15 is 0 Å². The Labute approximate surface area is 108 Å². The number of nitrogens with two attached hydrogens (primary N) is 2. The van der Waals surface area contributed by atoms with Gasteiger partial charge in [-0.25, -0.2) is 0 Å². The average Bonchev–Trinajstić information content (AvgIpc) is 2.59. The monoisotopic (exact) mass is 437 g/mol. The van der Waals surface area contributed by atoms with Crippen LogP contribution in [-0.2, 0) is 16.5 Å². The standard InChI is InChI=1S/C9H18N2.2ClH.H2O.Pt/c10-6-9(11)4-3-7-1-2-8(9)5-7;;;;/h7-8H,1-6,10-11H2;2*1H;1H2;/q;;;;+2/p-2/t7-,8-,9?;;;;/m0..../s1. The van der Waals surface area contributed by atoms with Crippen LogP contribution >= 0.6 is 18.8 Å². The van der Waals surface area contributed by atoms with Gasteiger partial charge in [0.25, 0.3) is 0 Å². The van der Waals surface area contributed by atoms with Crippen LogP contribution in [0.4, 0.5) is 0 Å². The summed E-state index contributed by atoms with van der Waals surface area (Å²) in [5.41, 5.74) is 11.9. The van der Waals surface area contributed by atoms with Crippen molar-refractivity contribution < 1.29 is 22.0 Å². The zero-order valence-electron chi connectivity index (χ0n) is 8.62. The summed E-state index contributed by atoms with van der Waals surface area (Å²) in [6, 6.07) is 0. The van der Waals surface area contributed by atoms with E-state index in [2.05, 4.69) is 0 Å². The topological polar surface area (TPSA) is 83.5 Å². The van der Waals surface area contributed by atoms with Crippen LogP contribution in [0, 0.1) is 11.8 Å². The van der Waals surface area contributed by atoms with Gasteiger partial charge in [-0.15, -0.1) is 0 Å². The molecule has 15 heavy (non-hydrogen) atoms. The van der Waals surface area contributed by atoms with Crippen LogP contribution in [0.25, 0.3) is 0 Å². The fraction of sp³-hybridized carbons (Fsp3) is 1.00. The molecular weight excluding hydrogens is 418 g/mol. The summed E-state index contributed by atoms with van der Waals surface area (Å²) >= 11 is -0.472. The SMILES string of the molecule is NCC1(N)CC[C@@H]2CC[C@H]1C2.O.[Cl][Pt][Cl]. The number of hydrogen-bond acceptors (Lipinski definition) is 2. The Kier molecular flexibility index (Phi) is 8.04. The molecule has 0 aromatic rings. The Balaban J connectivity index is 0.000000443. The maximum absolute atomic E-state index is 6.21. The van der Waals surface area contributed by atoms with E-state index in [1.54, 1.807) is 0 Å². The van der Waals surface area contributed by atoms with E-state index in [0.29, 0.717) is 6.54 Å². The van der Waals surface area contributed by atoms with Crippen molar-refractivity contribution in [3.05, 3.63) is 0 Å². The molecule has 3 nitrogen and oxygen atoms in total. The van der Waals surface area contributed by atoms with Gasteiger partial charge in [0.2, 0.25) is 0 Å². The molecule has 2 aliphatic rings. The minimum absolute atomic E-state index is 0. The van der Waals surface area contributed by atoms with Gasteiger partial charge < -0.3 is 16.9 Å². The van der Waals surface area contributed by atoms with Crippen LogP contribution in [0.1, 0.15) is 32.1 Å². The van der Waals surface area contributed by atoms with E-state index in [-0.39, 0.29) is 11.0 Å². The zero-order valence-corrected chi connectivity index (χ0v) is 12.4. The van der Waals surface area contributed by atoms with Crippen molar-refractivity contribution in [3.63, 3.8) is 0 Å². The molecule has 0 amide bonds. The third-order valence-corrected chi connectivity index (χ3v) is 3.75. The van der Waals surface area contributed by atoms with E-state index in [1.807, 2.05) is 0 Å². The van der Waals surface area contributed by atoms with Gasteiger partial charge in [-0.1, -0.05) is 6.42 Å². The van der Waals surface area contributed by atoms with Crippen molar-refractivity contribution in [3.8, 4) is 0 Å². The molecule has 3 atom stereocenters. The first-order valence-corrected chi connectivity index (χ1v) is 10.6. The maximum atomic E-state index is 6.21. The van der Waals surface area contributed by atoms with Gasteiger partial charge in [0.1, 0.15) is 0 Å². The van der Waals surface area contributed by atoms with Crippen LogP contribution in [-0.4, -0.2) is 17.6 Å². The van der Waals surface area contributed by atoms with Crippen LogP contribution in [0.15, 0.2) is 0 Å². The summed E-state index contributed by atoms with van der Waals surface area (Å²) in [4.78, 5) is 0. The molecule has 2 rings (SSSR count). The molecule has 2 aliphatic carbocycles. The summed E-state index contributed by atoms with van der Waals surface area (Å²) in [7, 11) is 9.75. The Bertz CT molecular complexity index is 187. The van der Waals surface area contributed by atoms with Gasteiger partial charge in [0.15, 0.2) is 0 Å². The van der Waals surface area contributed by atoms with Gasteiger partial charge in [-0.2, -0.15) is 0 Å². The van der Waals surface area contributed by atoms with E-state index in [1.165, 1.54) is 32.1 Å². The van der Waals surface area contributed by atoms with Crippen molar-refractivity contribution in [2.24, 2.45) is 23.3 Å². The normalized spacial score (nSPS) is 37.9. The average molecular weight is 438 g/mol. The predicted molar refractivity (Wildman–Crippen MR) is 61.4 cm³/mol. The molecule has 2 bridgehead atoms. The molecule has 1 unspecified atom stereocenters. The van der Waals surface area contributed by atoms with Gasteiger partial charge in [-0.05, 0) is 37.5 Å². The first-order valence-electron chi connectivity index (χ1n) is 4.97. The van der Waals surface area contributed by atoms with Gasteiger partial charge in [0.05, 0.1) is 0 Å². The molecular formula is C9H20Cl2N2OPt. The van der Waals surface area contributed by atoms with Crippen molar-refractivity contribution in [1.29, 1.82) is 0 Å². The number of hydrogen-bond donors (Lipinski definition) is 2. The van der Waals surface area contributed by atoms with Gasteiger partial charge >= 0.3 is 35.3 Å². The molecule has 0 aromatic carbocycles. The molecule has 2 saturated carbocycles. The fourth-order valence-corrected chi connectivity index (χ4v) is 2.81. The predicted octanol–water partition coefficient (Wildman–Crippen LogP) is 1.40. The molecule has 6 heteroatoms. The quantitative estimate of drug-likeness (QED) is 0.649. The molecule has 2 fully saturated rings. The summed E-state index contributed by atoms with van der Waals surface area (Å²) < 4.78 is 0. The van der Waals surface area contributed by atoms with Crippen molar-refractivity contribution in [2.75, 3.05) is 6.54 Å². The Morgan fingerprint density at radius 3 is 2.40 bits per heavy atom. The van der Waals surface area contributed by atoms with Crippen molar-refractivity contribution in [2.45, 2.75) is 37.6 Å². The zero-order chi connectivity index (χ0) is 10.6. The van der Waals surface area contributed by atoms with Crippen molar-refractivity contribution in [1.82, 2.24) is 0 Å². The van der Waals surface area contributed by atoms with Crippen LogP contribution in [0.2, 0.25) is 0 Å². The van der Waals surface area contributed by atoms with E-state index in [9.17, 15) is 0 Å². The first kappa shape index (κ1) is 16.1. The van der Waals surface area contributed by atoms with Gasteiger partial charge in [-0.3, -0.25) is 0 Å². The summed E-state index contributed by atoms with van der Waals surface area (Å²) in [6.07, 6.45) is 6.58. The van der Waals surface area contributed by atoms with E-state index in [4.69, 9.17) is 30.3 Å². The van der Waals surface area contributed by atoms with Gasteiger partial charge in [0, 0.05) is 12.1 Å². The molecule has 0 aliphatic heterocycles. The number of halogens is 2. The second kappa shape index (κ2) is 7.47. The fourth-order valence-electron chi connectivity index (χ4n) is 2.81. The van der Waals surface area contributed by atoms with Crippen LogP contribution in [0.5, 0.6) is 0 Å². The Morgan fingerprint density at radius 1 is 1.27 bits per heavy atom. The first-order chi connectivity index (χ1) is 6.66. The molecule has 0 spiro atoms. The number of rotatable bonds is 1. The summed E-state index contributed by atoms with van der Waals surface area (Å²) in [6.45, 7) is 0.685. The Morgan fingerprint density at radius 2 is 1.87 bits per heavy atom. The minimum atomic E-state index is -0.472. The third-order valence-electron chi connectivity index (χ3n) is 3.75.